The second-order valence-electron chi connectivity index (χ2n) is 3.78. The fourth-order valence-corrected chi connectivity index (χ4v) is 1.64. The molecule has 2 rings (SSSR count). The molecule has 0 amide bonds. The van der Waals surface area contributed by atoms with E-state index in [2.05, 4.69) is 5.16 Å². The van der Waals surface area contributed by atoms with Crippen molar-refractivity contribution in [3.05, 3.63) is 47.2 Å². The Morgan fingerprint density at radius 3 is 2.78 bits per heavy atom. The summed E-state index contributed by atoms with van der Waals surface area (Å²) in [6, 6.07) is 8.38. The van der Waals surface area contributed by atoms with Gasteiger partial charge in [0.05, 0.1) is 5.56 Å². The molecule has 92 valence electrons. The summed E-state index contributed by atoms with van der Waals surface area (Å²) >= 11 is 0. The molecule has 5 nitrogen and oxygen atoms in total. The molecule has 2 N–H and O–H groups in total. The van der Waals surface area contributed by atoms with Gasteiger partial charge in [-0.1, -0.05) is 17.3 Å². The van der Waals surface area contributed by atoms with Gasteiger partial charge >= 0.3 is 5.97 Å². The number of benzene rings is 1. The van der Waals surface area contributed by atoms with E-state index >= 15 is 0 Å². The quantitative estimate of drug-likeness (QED) is 0.494. The summed E-state index contributed by atoms with van der Waals surface area (Å²) in [7, 11) is 0. The first kappa shape index (κ1) is 11.9. The highest BCUT2D eigenvalue weighted by molar-refractivity contribution is 5.91. The number of carboxylic acid groups (broad SMARTS) is 1. The van der Waals surface area contributed by atoms with Crippen LogP contribution in [0.1, 0.15) is 21.7 Å². The summed E-state index contributed by atoms with van der Waals surface area (Å²) in [5.41, 5.74) is 1.59. The Morgan fingerprint density at radius 1 is 1.33 bits per heavy atom. The number of hydrogen-bond acceptors (Lipinski definition) is 4. The predicted molar refractivity (Wildman–Crippen MR) is 65.2 cm³/mol. The molecule has 0 unspecified atom stereocenters. The van der Waals surface area contributed by atoms with Crippen molar-refractivity contribution >= 4 is 12.2 Å². The highest BCUT2D eigenvalue weighted by atomic mass is 16.4. The smallest absolute Gasteiger partial charge is 0.335 e. The van der Waals surface area contributed by atoms with Gasteiger partial charge in [-0.25, -0.2) is 4.79 Å². The zero-order chi connectivity index (χ0) is 13.1. The fourth-order valence-electron chi connectivity index (χ4n) is 1.64. The van der Waals surface area contributed by atoms with E-state index in [0.29, 0.717) is 22.6 Å². The Bertz CT molecular complexity index is 613. The van der Waals surface area contributed by atoms with Crippen LogP contribution >= 0.6 is 0 Å². The van der Waals surface area contributed by atoms with E-state index in [1.54, 1.807) is 37.3 Å². The van der Waals surface area contributed by atoms with Gasteiger partial charge in [0, 0.05) is 5.56 Å². The Balaban J connectivity index is 2.44. The Kier molecular flexibility index (Phi) is 3.14. The van der Waals surface area contributed by atoms with E-state index in [-0.39, 0.29) is 5.56 Å². The molecule has 2 aromatic rings. The number of oxime groups is 1. The molecule has 1 aromatic carbocycles. The molecule has 0 aliphatic carbocycles. The first-order valence-electron chi connectivity index (χ1n) is 5.23. The molecule has 0 saturated carbocycles. The number of carboxylic acids is 1. The van der Waals surface area contributed by atoms with Gasteiger partial charge in [-0.3, -0.25) is 0 Å². The van der Waals surface area contributed by atoms with Crippen LogP contribution in [0.25, 0.3) is 11.3 Å². The standard InChI is InChI=1S/C13H11NO4/c1-8-2-3-9(6-11(8)13(15)16)12-5-4-10(18-12)7-14-17/h2-7,17H,1H3,(H,15,16). The minimum atomic E-state index is -0.974. The highest BCUT2D eigenvalue weighted by Gasteiger charge is 2.10. The van der Waals surface area contributed by atoms with Gasteiger partial charge in [0.25, 0.3) is 0 Å². The summed E-state index contributed by atoms with van der Waals surface area (Å²) in [6.07, 6.45) is 1.16. The highest BCUT2D eigenvalue weighted by Crippen LogP contribution is 2.24. The molecule has 0 saturated heterocycles. The van der Waals surface area contributed by atoms with Crippen LogP contribution in [0.5, 0.6) is 0 Å². The van der Waals surface area contributed by atoms with Gasteiger partial charge in [-0.2, -0.15) is 0 Å². The molecule has 0 aliphatic rings. The lowest BCUT2D eigenvalue weighted by Gasteiger charge is -2.03. The predicted octanol–water partition coefficient (Wildman–Crippen LogP) is 2.76. The number of aryl methyl sites for hydroxylation is 1. The monoisotopic (exact) mass is 245 g/mol. The topological polar surface area (TPSA) is 83.0 Å². The largest absolute Gasteiger partial charge is 0.478 e. The van der Waals surface area contributed by atoms with Crippen LogP contribution in [-0.2, 0) is 0 Å². The molecule has 1 heterocycles. The van der Waals surface area contributed by atoms with E-state index in [1.165, 1.54) is 0 Å². The van der Waals surface area contributed by atoms with Crippen LogP contribution in [0.4, 0.5) is 0 Å². The molecule has 5 heteroatoms. The average molecular weight is 245 g/mol. The third-order valence-electron chi connectivity index (χ3n) is 2.56. The number of nitrogens with zero attached hydrogens (tertiary/aromatic N) is 1. The zero-order valence-electron chi connectivity index (χ0n) is 9.62. The number of rotatable bonds is 3. The number of aromatic carboxylic acids is 1. The fraction of sp³-hybridized carbons (Fsp3) is 0.0769. The summed E-state index contributed by atoms with van der Waals surface area (Å²) in [5.74, 6) is -0.0598. The molecule has 0 fully saturated rings. The second-order valence-corrected chi connectivity index (χ2v) is 3.78. The normalized spacial score (nSPS) is 10.9. The van der Waals surface area contributed by atoms with Gasteiger partial charge < -0.3 is 14.7 Å². The van der Waals surface area contributed by atoms with Crippen LogP contribution in [0.2, 0.25) is 0 Å². The van der Waals surface area contributed by atoms with Gasteiger partial charge in [0.1, 0.15) is 17.7 Å². The molecule has 18 heavy (non-hydrogen) atoms. The maximum absolute atomic E-state index is 11.0. The van der Waals surface area contributed by atoms with Gasteiger partial charge in [0.15, 0.2) is 0 Å². The first-order valence-corrected chi connectivity index (χ1v) is 5.23. The lowest BCUT2D eigenvalue weighted by Crippen LogP contribution is -1.99. The van der Waals surface area contributed by atoms with E-state index < -0.39 is 5.97 Å². The van der Waals surface area contributed by atoms with E-state index in [9.17, 15) is 4.79 Å². The number of carbonyl (C=O) groups is 1. The van der Waals surface area contributed by atoms with Crippen molar-refractivity contribution in [3.8, 4) is 11.3 Å². The van der Waals surface area contributed by atoms with Crippen molar-refractivity contribution in [1.82, 2.24) is 0 Å². The molecule has 0 spiro atoms. The molecule has 1 aromatic heterocycles. The maximum atomic E-state index is 11.0. The summed E-state index contributed by atoms with van der Waals surface area (Å²) < 4.78 is 5.38. The Labute approximate surface area is 103 Å². The van der Waals surface area contributed by atoms with E-state index in [0.717, 1.165) is 6.21 Å². The van der Waals surface area contributed by atoms with Gasteiger partial charge in [-0.15, -0.1) is 0 Å². The number of hydrogen-bond donors (Lipinski definition) is 2. The summed E-state index contributed by atoms with van der Waals surface area (Å²) in [5, 5.41) is 20.3. The van der Waals surface area contributed by atoms with Crippen molar-refractivity contribution in [2.24, 2.45) is 5.16 Å². The van der Waals surface area contributed by atoms with Crippen molar-refractivity contribution in [3.63, 3.8) is 0 Å². The van der Waals surface area contributed by atoms with Crippen molar-refractivity contribution < 1.29 is 19.5 Å². The molecule has 0 aliphatic heterocycles. The van der Waals surface area contributed by atoms with Gasteiger partial charge in [-0.05, 0) is 30.7 Å². The number of furan rings is 1. The molecular weight excluding hydrogens is 234 g/mol. The van der Waals surface area contributed by atoms with Crippen molar-refractivity contribution in [1.29, 1.82) is 0 Å². The SMILES string of the molecule is Cc1ccc(-c2ccc(C=NO)o2)cc1C(=O)O. The lowest BCUT2D eigenvalue weighted by atomic mass is 10.0. The van der Waals surface area contributed by atoms with E-state index in [4.69, 9.17) is 14.7 Å². The van der Waals surface area contributed by atoms with Gasteiger partial charge in [0.2, 0.25) is 0 Å². The van der Waals surface area contributed by atoms with Crippen LogP contribution in [0.3, 0.4) is 0 Å². The van der Waals surface area contributed by atoms with Crippen LogP contribution < -0.4 is 0 Å². The Hall–Kier alpha value is -2.56. The third-order valence-corrected chi connectivity index (χ3v) is 2.56. The lowest BCUT2D eigenvalue weighted by molar-refractivity contribution is 0.0696. The molecule has 0 bridgehead atoms. The third kappa shape index (κ3) is 2.24. The first-order chi connectivity index (χ1) is 8.61. The maximum Gasteiger partial charge on any atom is 0.335 e. The average Bonchev–Trinajstić information content (AvgIpc) is 2.78. The van der Waals surface area contributed by atoms with E-state index in [1.807, 2.05) is 0 Å². The van der Waals surface area contributed by atoms with Crippen LogP contribution in [0, 0.1) is 6.92 Å². The van der Waals surface area contributed by atoms with Crippen LogP contribution in [-0.4, -0.2) is 22.5 Å². The zero-order valence-corrected chi connectivity index (χ0v) is 9.62. The molecule has 0 atom stereocenters. The molecule has 0 radical (unpaired) electrons. The summed E-state index contributed by atoms with van der Waals surface area (Å²) in [4.78, 5) is 11.0. The summed E-state index contributed by atoms with van der Waals surface area (Å²) in [6.45, 7) is 1.74. The minimum Gasteiger partial charge on any atom is -0.478 e. The minimum absolute atomic E-state index is 0.237. The van der Waals surface area contributed by atoms with Crippen molar-refractivity contribution in [2.45, 2.75) is 6.92 Å². The second kappa shape index (κ2) is 4.75. The van der Waals surface area contributed by atoms with Crippen molar-refractivity contribution in [2.75, 3.05) is 0 Å². The van der Waals surface area contributed by atoms with Crippen LogP contribution in [0.15, 0.2) is 39.9 Å². The Morgan fingerprint density at radius 2 is 2.11 bits per heavy atom. The molecular formula is C13H11NO4.